The largest absolute Gasteiger partial charge is 0.494 e. The molecule has 266 valence electrons. The van der Waals surface area contributed by atoms with Gasteiger partial charge in [-0.05, 0) is 75.3 Å². The third-order valence-electron chi connectivity index (χ3n) is 9.39. The normalized spacial score (nSPS) is 18.7. The number of fused-ring (bicyclic) bond motifs is 2. The lowest BCUT2D eigenvalue weighted by atomic mass is 9.92. The van der Waals surface area contributed by atoms with Gasteiger partial charge in [0.2, 0.25) is 0 Å². The third kappa shape index (κ3) is 8.67. The van der Waals surface area contributed by atoms with Crippen LogP contribution in [0, 0.1) is 0 Å². The molecule has 0 radical (unpaired) electrons. The minimum absolute atomic E-state index is 0.211. The molecule has 0 spiro atoms. The first-order valence-corrected chi connectivity index (χ1v) is 18.0. The fourth-order valence-electron chi connectivity index (χ4n) is 6.68. The highest BCUT2D eigenvalue weighted by Gasteiger charge is 2.22. The summed E-state index contributed by atoms with van der Waals surface area (Å²) in [6.07, 6.45) is 13.6. The standard InChI is InChI=1S/C20H26N6.C18H22N6O/c21-16-6-8-17(9-7-16)24-19-14-18(20-23-12-13-26(20)25-19)22-11-10-15-4-2-1-3-5-15;1-2-25-15-5-3-14(4-6-15)21-16-11-17(23-9-7-13(19)12-23)22-24-10-8-20-18(16)24/h1-5,12-14,16-17,22H,6-11,21H2,(H,24,25);3-6,8,10-11,13,21H,2,7,9,12,19H2,1H3. The summed E-state index contributed by atoms with van der Waals surface area (Å²) in [5.41, 5.74) is 17.9. The topological polar surface area (TPSA) is 161 Å². The number of nitrogens with one attached hydrogen (secondary N) is 3. The van der Waals surface area contributed by atoms with Crippen molar-refractivity contribution >= 4 is 40.0 Å². The van der Waals surface area contributed by atoms with Crippen molar-refractivity contribution in [2.75, 3.05) is 47.1 Å². The van der Waals surface area contributed by atoms with E-state index < -0.39 is 0 Å². The summed E-state index contributed by atoms with van der Waals surface area (Å²) in [6.45, 7) is 5.25. The van der Waals surface area contributed by atoms with Crippen molar-refractivity contribution in [2.45, 2.75) is 63.6 Å². The molecule has 13 nitrogen and oxygen atoms in total. The molecule has 7 N–H and O–H groups in total. The van der Waals surface area contributed by atoms with Gasteiger partial charge in [0.05, 0.1) is 18.0 Å². The van der Waals surface area contributed by atoms with Crippen LogP contribution in [0.5, 0.6) is 5.75 Å². The number of benzene rings is 2. The van der Waals surface area contributed by atoms with E-state index in [4.69, 9.17) is 16.2 Å². The van der Waals surface area contributed by atoms with E-state index >= 15 is 0 Å². The molecule has 2 fully saturated rings. The second-order valence-corrected chi connectivity index (χ2v) is 13.2. The predicted octanol–water partition coefficient (Wildman–Crippen LogP) is 5.47. The van der Waals surface area contributed by atoms with E-state index in [0.29, 0.717) is 18.7 Å². The second-order valence-electron chi connectivity index (χ2n) is 13.2. The van der Waals surface area contributed by atoms with Crippen LogP contribution in [-0.2, 0) is 6.42 Å². The van der Waals surface area contributed by atoms with E-state index in [1.54, 1.807) is 16.9 Å². The Morgan fingerprint density at radius 3 is 2.24 bits per heavy atom. The Balaban J connectivity index is 0.000000159. The van der Waals surface area contributed by atoms with Crippen molar-refractivity contribution in [2.24, 2.45) is 11.5 Å². The van der Waals surface area contributed by atoms with Gasteiger partial charge in [-0.2, -0.15) is 0 Å². The van der Waals surface area contributed by atoms with Crippen LogP contribution in [0.2, 0.25) is 0 Å². The van der Waals surface area contributed by atoms with Gasteiger partial charge in [0, 0.05) is 80.4 Å². The molecule has 1 saturated heterocycles. The fraction of sp³-hybridized carbons (Fsp3) is 0.368. The Bertz CT molecular complexity index is 1990. The van der Waals surface area contributed by atoms with Gasteiger partial charge in [-0.25, -0.2) is 19.0 Å². The molecule has 1 aliphatic heterocycles. The van der Waals surface area contributed by atoms with Gasteiger partial charge in [-0.3, -0.25) is 0 Å². The van der Waals surface area contributed by atoms with Gasteiger partial charge in [-0.1, -0.05) is 30.3 Å². The highest BCUT2D eigenvalue weighted by Crippen LogP contribution is 2.28. The van der Waals surface area contributed by atoms with Gasteiger partial charge < -0.3 is 37.1 Å². The van der Waals surface area contributed by atoms with Crippen molar-refractivity contribution < 1.29 is 4.74 Å². The second kappa shape index (κ2) is 16.1. The maximum Gasteiger partial charge on any atom is 0.177 e. The Labute approximate surface area is 298 Å². The molecule has 5 heterocycles. The van der Waals surface area contributed by atoms with Crippen molar-refractivity contribution in [3.05, 3.63) is 97.1 Å². The average Bonchev–Trinajstić information content (AvgIpc) is 3.93. The third-order valence-corrected chi connectivity index (χ3v) is 9.39. The smallest absolute Gasteiger partial charge is 0.177 e. The van der Waals surface area contributed by atoms with Crippen molar-refractivity contribution in [1.29, 1.82) is 0 Å². The summed E-state index contributed by atoms with van der Waals surface area (Å²) in [5, 5.41) is 19.8. The Hall–Kier alpha value is -5.40. The van der Waals surface area contributed by atoms with Crippen LogP contribution in [0.25, 0.3) is 11.3 Å². The zero-order valence-electron chi connectivity index (χ0n) is 29.2. The minimum atomic E-state index is 0.211. The van der Waals surface area contributed by atoms with E-state index in [-0.39, 0.29) is 6.04 Å². The van der Waals surface area contributed by atoms with Crippen molar-refractivity contribution in [3.63, 3.8) is 0 Å². The van der Waals surface area contributed by atoms with Crippen LogP contribution in [0.15, 0.2) is 91.5 Å². The Morgan fingerprint density at radius 1 is 0.804 bits per heavy atom. The van der Waals surface area contributed by atoms with E-state index in [9.17, 15) is 0 Å². The fourth-order valence-corrected chi connectivity index (χ4v) is 6.68. The van der Waals surface area contributed by atoms with Crippen LogP contribution in [0.1, 0.15) is 44.6 Å². The lowest BCUT2D eigenvalue weighted by Crippen LogP contribution is -2.33. The number of nitrogens with two attached hydrogens (primary N) is 2. The summed E-state index contributed by atoms with van der Waals surface area (Å²) in [7, 11) is 0. The molecule has 51 heavy (non-hydrogen) atoms. The number of hydrogen-bond donors (Lipinski definition) is 5. The average molecular weight is 689 g/mol. The number of imidazole rings is 2. The molecule has 2 aliphatic rings. The Kier molecular flexibility index (Phi) is 10.7. The van der Waals surface area contributed by atoms with Gasteiger partial charge >= 0.3 is 0 Å². The molecular weight excluding hydrogens is 641 g/mol. The molecule has 1 atom stereocenters. The zero-order valence-corrected chi connectivity index (χ0v) is 29.2. The molecule has 8 rings (SSSR count). The molecule has 0 amide bonds. The van der Waals surface area contributed by atoms with E-state index in [0.717, 1.165) is 104 Å². The molecular formula is C38H48N12O. The lowest BCUT2D eigenvalue weighted by molar-refractivity contribution is 0.340. The van der Waals surface area contributed by atoms with Gasteiger partial charge in [0.1, 0.15) is 11.6 Å². The predicted molar refractivity (Wildman–Crippen MR) is 204 cm³/mol. The lowest BCUT2D eigenvalue weighted by Gasteiger charge is -2.27. The first-order chi connectivity index (χ1) is 25.0. The maximum atomic E-state index is 6.04. The number of rotatable bonds is 11. The SMILES string of the molecule is CCOc1ccc(Nc2cc(N3CCC(N)C3)nn3ccnc23)cc1.NC1CCC(Nc2cc(NCCc3ccccc3)c3nccn3n2)CC1. The summed E-state index contributed by atoms with van der Waals surface area (Å²) in [4.78, 5) is 11.1. The molecule has 2 aromatic carbocycles. The molecule has 6 aromatic rings. The van der Waals surface area contributed by atoms with Crippen LogP contribution in [0.3, 0.4) is 0 Å². The quantitative estimate of drug-likeness (QED) is 0.117. The molecule has 4 aromatic heterocycles. The maximum absolute atomic E-state index is 6.04. The number of aromatic nitrogens is 6. The summed E-state index contributed by atoms with van der Waals surface area (Å²) < 4.78 is 9.13. The number of nitrogens with zero attached hydrogens (tertiary/aromatic N) is 7. The Morgan fingerprint density at radius 2 is 1.53 bits per heavy atom. The van der Waals surface area contributed by atoms with E-state index in [1.807, 2.05) is 60.2 Å². The van der Waals surface area contributed by atoms with E-state index in [1.165, 1.54) is 5.56 Å². The zero-order chi connectivity index (χ0) is 35.0. The van der Waals surface area contributed by atoms with Gasteiger partial charge in [0.15, 0.2) is 17.1 Å². The van der Waals surface area contributed by atoms with Gasteiger partial charge in [-0.15, -0.1) is 10.2 Å². The van der Waals surface area contributed by atoms with Crippen LogP contribution in [-0.4, -0.2) is 73.6 Å². The van der Waals surface area contributed by atoms with Crippen molar-refractivity contribution in [3.8, 4) is 5.75 Å². The first kappa shape index (κ1) is 34.1. The van der Waals surface area contributed by atoms with Crippen LogP contribution >= 0.6 is 0 Å². The molecule has 13 heteroatoms. The minimum Gasteiger partial charge on any atom is -0.494 e. The number of anilines is 5. The summed E-state index contributed by atoms with van der Waals surface area (Å²) >= 11 is 0. The number of hydrogen-bond acceptors (Lipinski definition) is 11. The van der Waals surface area contributed by atoms with E-state index in [2.05, 4.69) is 71.3 Å². The highest BCUT2D eigenvalue weighted by molar-refractivity contribution is 5.76. The van der Waals surface area contributed by atoms with Crippen LogP contribution in [0.4, 0.5) is 28.7 Å². The first-order valence-electron chi connectivity index (χ1n) is 18.0. The van der Waals surface area contributed by atoms with Gasteiger partial charge in [0.25, 0.3) is 0 Å². The number of ether oxygens (including phenoxy) is 1. The van der Waals surface area contributed by atoms with Crippen molar-refractivity contribution in [1.82, 2.24) is 29.2 Å². The molecule has 1 aliphatic carbocycles. The summed E-state index contributed by atoms with van der Waals surface area (Å²) in [5.74, 6) is 2.66. The van der Waals surface area contributed by atoms with Crippen LogP contribution < -0.4 is 37.1 Å². The molecule has 1 unspecified atom stereocenters. The highest BCUT2D eigenvalue weighted by atomic mass is 16.5. The molecule has 1 saturated carbocycles. The molecule has 0 bridgehead atoms. The monoisotopic (exact) mass is 688 g/mol. The summed E-state index contributed by atoms with van der Waals surface area (Å²) in [6, 6.07) is 23.5.